The van der Waals surface area contributed by atoms with Crippen LogP contribution in [0.15, 0.2) is 15.9 Å². The van der Waals surface area contributed by atoms with E-state index in [-0.39, 0.29) is 6.04 Å². The van der Waals surface area contributed by atoms with Crippen LogP contribution in [0.1, 0.15) is 10.9 Å². The summed E-state index contributed by atoms with van der Waals surface area (Å²) in [5.41, 5.74) is 5.66. The van der Waals surface area contributed by atoms with E-state index >= 15 is 0 Å². The Balaban J connectivity index is 2.77. The van der Waals surface area contributed by atoms with Crippen LogP contribution >= 0.6 is 27.3 Å². The highest BCUT2D eigenvalue weighted by atomic mass is 79.9. The lowest BCUT2D eigenvalue weighted by Gasteiger charge is -2.23. The summed E-state index contributed by atoms with van der Waals surface area (Å²) in [5.74, 6) is 0. The summed E-state index contributed by atoms with van der Waals surface area (Å²) in [4.78, 5) is 6.32. The molecule has 0 aliphatic carbocycles. The molecular weight excluding hydrogens is 252 g/mol. The van der Waals surface area contributed by atoms with Gasteiger partial charge in [0, 0.05) is 28.3 Å². The normalized spacial score (nSPS) is 13.6. The van der Waals surface area contributed by atoms with E-state index in [1.54, 1.807) is 23.5 Å². The number of rotatable bonds is 4. The molecule has 0 bridgehead atoms. The molecule has 1 atom stereocenters. The molecular formula is C8H13BrN2OS. The van der Waals surface area contributed by atoms with E-state index in [1.807, 2.05) is 12.4 Å². The Morgan fingerprint density at radius 1 is 1.77 bits per heavy atom. The van der Waals surface area contributed by atoms with Crippen molar-refractivity contribution in [3.8, 4) is 0 Å². The molecule has 74 valence electrons. The first kappa shape index (κ1) is 11.1. The largest absolute Gasteiger partial charge is 0.328 e. The summed E-state index contributed by atoms with van der Waals surface area (Å²) < 4.78 is 1.09. The van der Waals surface area contributed by atoms with Crippen molar-refractivity contribution in [2.75, 3.05) is 20.7 Å². The highest BCUT2D eigenvalue weighted by Gasteiger charge is 2.16. The molecule has 1 rings (SSSR count). The minimum atomic E-state index is 0.140. The predicted octanol–water partition coefficient (Wildman–Crippen LogP) is 2.00. The molecule has 0 amide bonds. The first-order valence-corrected chi connectivity index (χ1v) is 5.57. The Morgan fingerprint density at radius 3 is 2.85 bits per heavy atom. The van der Waals surface area contributed by atoms with E-state index in [0.717, 1.165) is 4.47 Å². The van der Waals surface area contributed by atoms with Gasteiger partial charge in [-0.1, -0.05) is 0 Å². The molecule has 13 heavy (non-hydrogen) atoms. The van der Waals surface area contributed by atoms with Crippen molar-refractivity contribution in [2.24, 2.45) is 5.73 Å². The Kier molecular flexibility index (Phi) is 4.34. The van der Waals surface area contributed by atoms with Crippen molar-refractivity contribution in [1.29, 1.82) is 0 Å². The Morgan fingerprint density at radius 2 is 2.46 bits per heavy atom. The molecule has 2 N–H and O–H groups in total. The van der Waals surface area contributed by atoms with E-state index in [0.29, 0.717) is 6.54 Å². The van der Waals surface area contributed by atoms with Gasteiger partial charge in [-0.2, -0.15) is 5.06 Å². The average molecular weight is 265 g/mol. The monoisotopic (exact) mass is 264 g/mol. The van der Waals surface area contributed by atoms with Crippen LogP contribution in [0.2, 0.25) is 0 Å². The summed E-state index contributed by atoms with van der Waals surface area (Å²) in [5, 5.41) is 3.81. The summed E-state index contributed by atoms with van der Waals surface area (Å²) >= 11 is 5.09. The number of hydroxylamine groups is 2. The quantitative estimate of drug-likeness (QED) is 0.846. The Labute approximate surface area is 90.6 Å². The van der Waals surface area contributed by atoms with Gasteiger partial charge >= 0.3 is 0 Å². The van der Waals surface area contributed by atoms with Crippen molar-refractivity contribution >= 4 is 27.3 Å². The topological polar surface area (TPSA) is 38.5 Å². The molecule has 0 fully saturated rings. The van der Waals surface area contributed by atoms with Gasteiger partial charge in [0.05, 0.1) is 13.2 Å². The third kappa shape index (κ3) is 2.75. The standard InChI is InChI=1S/C8H13BrN2OS/c1-11(12-2)7(4-10)8-3-6(9)5-13-8/h3,5,7H,4,10H2,1-2H3. The lowest BCUT2D eigenvalue weighted by molar-refractivity contribution is -0.139. The van der Waals surface area contributed by atoms with Crippen molar-refractivity contribution in [3.63, 3.8) is 0 Å². The highest BCUT2D eigenvalue weighted by Crippen LogP contribution is 2.28. The summed E-state index contributed by atoms with van der Waals surface area (Å²) in [6, 6.07) is 2.21. The van der Waals surface area contributed by atoms with E-state index in [4.69, 9.17) is 10.6 Å². The zero-order chi connectivity index (χ0) is 9.84. The fourth-order valence-electron chi connectivity index (χ4n) is 1.07. The third-order valence-corrected chi connectivity index (χ3v) is 3.66. The van der Waals surface area contributed by atoms with Crippen LogP contribution in [0.25, 0.3) is 0 Å². The molecule has 0 aromatic carbocycles. The van der Waals surface area contributed by atoms with Gasteiger partial charge < -0.3 is 10.6 Å². The predicted molar refractivity (Wildman–Crippen MR) is 58.6 cm³/mol. The maximum Gasteiger partial charge on any atom is 0.0813 e. The molecule has 1 unspecified atom stereocenters. The molecule has 3 nitrogen and oxygen atoms in total. The molecule has 0 spiro atoms. The Hall–Kier alpha value is 0.0600. The highest BCUT2D eigenvalue weighted by molar-refractivity contribution is 9.10. The van der Waals surface area contributed by atoms with Crippen LogP contribution in [-0.2, 0) is 4.84 Å². The second-order valence-corrected chi connectivity index (χ2v) is 4.51. The molecule has 0 aliphatic rings. The van der Waals surface area contributed by atoms with E-state index < -0.39 is 0 Å². The van der Waals surface area contributed by atoms with Crippen LogP contribution in [0.3, 0.4) is 0 Å². The number of nitrogens with two attached hydrogens (primary N) is 1. The fourth-order valence-corrected chi connectivity index (χ4v) is 2.67. The first-order chi connectivity index (χ1) is 6.19. The van der Waals surface area contributed by atoms with Gasteiger partial charge in [0.1, 0.15) is 0 Å². The number of nitrogens with zero attached hydrogens (tertiary/aromatic N) is 1. The lowest BCUT2D eigenvalue weighted by Crippen LogP contribution is -2.28. The second kappa shape index (κ2) is 5.07. The summed E-state index contributed by atoms with van der Waals surface area (Å²) in [6.45, 7) is 0.553. The number of likely N-dealkylation sites (N-methyl/N-ethyl adjacent to an activating group) is 1. The van der Waals surface area contributed by atoms with Crippen molar-refractivity contribution in [2.45, 2.75) is 6.04 Å². The van der Waals surface area contributed by atoms with E-state index in [9.17, 15) is 0 Å². The molecule has 1 aromatic heterocycles. The van der Waals surface area contributed by atoms with Crippen LogP contribution in [0.4, 0.5) is 0 Å². The molecule has 0 aliphatic heterocycles. The van der Waals surface area contributed by atoms with Crippen LogP contribution in [0, 0.1) is 0 Å². The van der Waals surface area contributed by atoms with Gasteiger partial charge in [-0.3, -0.25) is 0 Å². The second-order valence-electron chi connectivity index (χ2n) is 2.65. The Bertz CT molecular complexity index is 266. The molecule has 0 radical (unpaired) electrons. The number of hydrogen-bond acceptors (Lipinski definition) is 4. The van der Waals surface area contributed by atoms with Crippen LogP contribution in [0.5, 0.6) is 0 Å². The van der Waals surface area contributed by atoms with Gasteiger partial charge in [-0.05, 0) is 22.0 Å². The smallest absolute Gasteiger partial charge is 0.0813 e. The van der Waals surface area contributed by atoms with E-state index in [2.05, 4.69) is 22.0 Å². The summed E-state index contributed by atoms with van der Waals surface area (Å²) in [6.07, 6.45) is 0. The van der Waals surface area contributed by atoms with Crippen LogP contribution < -0.4 is 5.73 Å². The number of halogens is 1. The zero-order valence-electron chi connectivity index (χ0n) is 7.66. The third-order valence-electron chi connectivity index (χ3n) is 1.87. The minimum absolute atomic E-state index is 0.140. The van der Waals surface area contributed by atoms with Crippen LogP contribution in [-0.4, -0.2) is 25.8 Å². The fraction of sp³-hybridized carbons (Fsp3) is 0.500. The number of hydrogen-bond donors (Lipinski definition) is 1. The van der Waals surface area contributed by atoms with Gasteiger partial charge in [0.15, 0.2) is 0 Å². The van der Waals surface area contributed by atoms with Gasteiger partial charge in [0.25, 0.3) is 0 Å². The molecule has 1 aromatic rings. The number of thiophene rings is 1. The SMILES string of the molecule is CON(C)C(CN)c1cc(Br)cs1. The summed E-state index contributed by atoms with van der Waals surface area (Å²) in [7, 11) is 3.52. The first-order valence-electron chi connectivity index (χ1n) is 3.90. The molecule has 5 heteroatoms. The van der Waals surface area contributed by atoms with Gasteiger partial charge in [0.2, 0.25) is 0 Å². The maximum absolute atomic E-state index is 5.66. The van der Waals surface area contributed by atoms with Crippen molar-refractivity contribution in [3.05, 3.63) is 20.8 Å². The van der Waals surface area contributed by atoms with Gasteiger partial charge in [-0.15, -0.1) is 11.3 Å². The molecule has 0 saturated heterocycles. The van der Waals surface area contributed by atoms with Gasteiger partial charge in [-0.25, -0.2) is 0 Å². The maximum atomic E-state index is 5.66. The van der Waals surface area contributed by atoms with Crippen molar-refractivity contribution < 1.29 is 4.84 Å². The lowest BCUT2D eigenvalue weighted by atomic mass is 10.2. The van der Waals surface area contributed by atoms with Crippen molar-refractivity contribution in [1.82, 2.24) is 5.06 Å². The molecule has 1 heterocycles. The average Bonchev–Trinajstić information content (AvgIpc) is 2.53. The zero-order valence-corrected chi connectivity index (χ0v) is 10.1. The van der Waals surface area contributed by atoms with E-state index in [1.165, 1.54) is 4.88 Å². The minimum Gasteiger partial charge on any atom is -0.328 e. The molecule has 0 saturated carbocycles.